The van der Waals surface area contributed by atoms with E-state index >= 15 is 0 Å². The van der Waals surface area contributed by atoms with Gasteiger partial charge in [0, 0.05) is 6.20 Å². The van der Waals surface area contributed by atoms with Crippen LogP contribution in [0.25, 0.3) is 0 Å². The van der Waals surface area contributed by atoms with E-state index in [9.17, 15) is 4.79 Å². The van der Waals surface area contributed by atoms with Crippen molar-refractivity contribution in [1.82, 2.24) is 0 Å². The zero-order valence-electron chi connectivity index (χ0n) is 7.42. The monoisotopic (exact) mass is 168 g/mol. The van der Waals surface area contributed by atoms with Crippen molar-refractivity contribution in [3.63, 3.8) is 0 Å². The summed E-state index contributed by atoms with van der Waals surface area (Å²) in [6.45, 7) is 5.16. The van der Waals surface area contributed by atoms with Crippen LogP contribution in [0.1, 0.15) is 20.8 Å². The molecular formula is C8H12N2O2. The highest BCUT2D eigenvalue weighted by atomic mass is 16.6. The lowest BCUT2D eigenvalue weighted by Crippen LogP contribution is -2.24. The van der Waals surface area contributed by atoms with Crippen molar-refractivity contribution in [2.45, 2.75) is 26.4 Å². The largest absolute Gasteiger partial charge is 0.456 e. The second kappa shape index (κ2) is 3.77. The number of carbonyl (C=O) groups excluding carboxylic acids is 1. The van der Waals surface area contributed by atoms with E-state index in [4.69, 9.17) is 15.7 Å². The van der Waals surface area contributed by atoms with Crippen LogP contribution in [0, 0.1) is 11.3 Å². The molecule has 0 aliphatic heterocycles. The number of hydrogen-bond acceptors (Lipinski definition) is 4. The van der Waals surface area contributed by atoms with Crippen LogP contribution in [-0.2, 0) is 9.53 Å². The Balaban J connectivity index is 4.36. The Bertz CT molecular complexity index is 243. The molecule has 0 spiro atoms. The number of nitriles is 1. The van der Waals surface area contributed by atoms with Crippen molar-refractivity contribution < 1.29 is 9.53 Å². The van der Waals surface area contributed by atoms with Gasteiger partial charge in [-0.15, -0.1) is 0 Å². The molecule has 0 atom stereocenters. The molecule has 2 N–H and O–H groups in total. The molecule has 0 saturated heterocycles. The Morgan fingerprint density at radius 3 is 2.33 bits per heavy atom. The maximum atomic E-state index is 11.0. The van der Waals surface area contributed by atoms with Crippen molar-refractivity contribution in [2.75, 3.05) is 0 Å². The summed E-state index contributed by atoms with van der Waals surface area (Å²) >= 11 is 0. The first-order valence-corrected chi connectivity index (χ1v) is 3.46. The Morgan fingerprint density at radius 1 is 1.58 bits per heavy atom. The molecule has 0 aromatic heterocycles. The smallest absolute Gasteiger partial charge is 0.350 e. The third-order valence-corrected chi connectivity index (χ3v) is 0.906. The third-order valence-electron chi connectivity index (χ3n) is 0.906. The van der Waals surface area contributed by atoms with E-state index in [-0.39, 0.29) is 5.57 Å². The molecule has 0 unspecified atom stereocenters. The van der Waals surface area contributed by atoms with E-state index in [2.05, 4.69) is 0 Å². The molecule has 66 valence electrons. The Kier molecular flexibility index (Phi) is 3.30. The molecule has 0 bridgehead atoms. The molecular weight excluding hydrogens is 156 g/mol. The Labute approximate surface area is 71.6 Å². The second-order valence-corrected chi connectivity index (χ2v) is 3.19. The minimum atomic E-state index is -0.688. The normalized spacial score (nSPS) is 12.0. The van der Waals surface area contributed by atoms with Gasteiger partial charge in [-0.05, 0) is 20.8 Å². The minimum Gasteiger partial charge on any atom is -0.456 e. The first kappa shape index (κ1) is 10.5. The van der Waals surface area contributed by atoms with Crippen LogP contribution >= 0.6 is 0 Å². The molecule has 4 nitrogen and oxygen atoms in total. The fourth-order valence-corrected chi connectivity index (χ4v) is 0.484. The zero-order chi connectivity index (χ0) is 9.78. The highest BCUT2D eigenvalue weighted by Crippen LogP contribution is 2.09. The standard InChI is InChI=1S/C8H12N2O2/c1-8(2,3)12-7(11)6(4-9)5-10/h4H,9H2,1-3H3. The fraction of sp³-hybridized carbons (Fsp3) is 0.500. The van der Waals surface area contributed by atoms with Gasteiger partial charge in [0.05, 0.1) is 0 Å². The molecule has 0 amide bonds. The third kappa shape index (κ3) is 3.62. The summed E-state index contributed by atoms with van der Waals surface area (Å²) in [6.07, 6.45) is 0.939. The SMILES string of the molecule is CC(C)(C)OC(=O)C(C#N)=CN. The highest BCUT2D eigenvalue weighted by molar-refractivity contribution is 5.92. The Morgan fingerprint density at radius 2 is 2.08 bits per heavy atom. The molecule has 0 aliphatic carbocycles. The first-order chi connectivity index (χ1) is 5.40. The van der Waals surface area contributed by atoms with Crippen LogP contribution in [0.4, 0.5) is 0 Å². The van der Waals surface area contributed by atoms with Crippen molar-refractivity contribution >= 4 is 5.97 Å². The van der Waals surface area contributed by atoms with Crippen LogP contribution in [0.15, 0.2) is 11.8 Å². The van der Waals surface area contributed by atoms with E-state index < -0.39 is 11.6 Å². The van der Waals surface area contributed by atoms with E-state index in [1.54, 1.807) is 26.8 Å². The lowest BCUT2D eigenvalue weighted by molar-refractivity contribution is -0.149. The van der Waals surface area contributed by atoms with Crippen molar-refractivity contribution in [1.29, 1.82) is 5.26 Å². The molecule has 0 rings (SSSR count). The summed E-state index contributed by atoms with van der Waals surface area (Å²) in [5.74, 6) is -0.688. The number of nitrogens with two attached hydrogens (primary N) is 1. The number of nitrogens with zero attached hydrogens (tertiary/aromatic N) is 1. The van der Waals surface area contributed by atoms with E-state index in [1.807, 2.05) is 0 Å². The van der Waals surface area contributed by atoms with Gasteiger partial charge >= 0.3 is 5.97 Å². The molecule has 0 saturated carbocycles. The maximum Gasteiger partial charge on any atom is 0.350 e. The number of ether oxygens (including phenoxy) is 1. The van der Waals surface area contributed by atoms with E-state index in [0.29, 0.717) is 0 Å². The molecule has 0 fully saturated rings. The van der Waals surface area contributed by atoms with Gasteiger partial charge in [-0.3, -0.25) is 0 Å². The summed E-state index contributed by atoms with van der Waals surface area (Å²) in [5, 5.41) is 8.39. The van der Waals surface area contributed by atoms with Gasteiger partial charge in [0.2, 0.25) is 0 Å². The van der Waals surface area contributed by atoms with Crippen molar-refractivity contribution in [2.24, 2.45) is 5.73 Å². The van der Waals surface area contributed by atoms with Gasteiger partial charge in [-0.1, -0.05) is 0 Å². The predicted octanol–water partition coefficient (Wildman–Crippen LogP) is 0.694. The molecule has 4 heteroatoms. The summed E-state index contributed by atoms with van der Waals surface area (Å²) in [6, 6.07) is 1.64. The van der Waals surface area contributed by atoms with Crippen molar-refractivity contribution in [3.8, 4) is 6.07 Å². The number of rotatable bonds is 1. The van der Waals surface area contributed by atoms with Gasteiger partial charge in [0.1, 0.15) is 11.7 Å². The minimum absolute atomic E-state index is 0.176. The predicted molar refractivity (Wildman–Crippen MR) is 43.7 cm³/mol. The number of hydrogen-bond donors (Lipinski definition) is 1. The second-order valence-electron chi connectivity index (χ2n) is 3.19. The van der Waals surface area contributed by atoms with Crippen LogP contribution < -0.4 is 5.73 Å². The van der Waals surface area contributed by atoms with E-state index in [0.717, 1.165) is 6.20 Å². The van der Waals surface area contributed by atoms with Crippen LogP contribution in [0.5, 0.6) is 0 Å². The average molecular weight is 168 g/mol. The van der Waals surface area contributed by atoms with E-state index in [1.165, 1.54) is 0 Å². The highest BCUT2D eigenvalue weighted by Gasteiger charge is 2.19. The van der Waals surface area contributed by atoms with Crippen LogP contribution in [0.2, 0.25) is 0 Å². The summed E-state index contributed by atoms with van der Waals surface area (Å²) < 4.78 is 4.87. The first-order valence-electron chi connectivity index (χ1n) is 3.46. The Hall–Kier alpha value is -1.50. The molecule has 0 heterocycles. The maximum absolute atomic E-state index is 11.0. The topological polar surface area (TPSA) is 76.1 Å². The molecule has 0 aromatic carbocycles. The van der Waals surface area contributed by atoms with Gasteiger partial charge in [-0.2, -0.15) is 5.26 Å². The summed E-state index contributed by atoms with van der Waals surface area (Å²) in [4.78, 5) is 11.0. The lowest BCUT2D eigenvalue weighted by atomic mass is 10.2. The molecule has 12 heavy (non-hydrogen) atoms. The van der Waals surface area contributed by atoms with Gasteiger partial charge in [0.25, 0.3) is 0 Å². The lowest BCUT2D eigenvalue weighted by Gasteiger charge is -2.18. The molecule has 0 aliphatic rings. The van der Waals surface area contributed by atoms with Gasteiger partial charge in [0.15, 0.2) is 5.57 Å². The zero-order valence-corrected chi connectivity index (χ0v) is 7.42. The van der Waals surface area contributed by atoms with Gasteiger partial charge < -0.3 is 10.5 Å². The fourth-order valence-electron chi connectivity index (χ4n) is 0.484. The molecule has 0 radical (unpaired) electrons. The van der Waals surface area contributed by atoms with Crippen LogP contribution in [-0.4, -0.2) is 11.6 Å². The number of carbonyl (C=O) groups is 1. The summed E-state index contributed by atoms with van der Waals surface area (Å²) in [5.41, 5.74) is 4.25. The van der Waals surface area contributed by atoms with Crippen LogP contribution in [0.3, 0.4) is 0 Å². The van der Waals surface area contributed by atoms with Gasteiger partial charge in [-0.25, -0.2) is 4.79 Å². The summed E-state index contributed by atoms with van der Waals surface area (Å²) in [7, 11) is 0. The number of esters is 1. The van der Waals surface area contributed by atoms with Crippen molar-refractivity contribution in [3.05, 3.63) is 11.8 Å². The quantitative estimate of drug-likeness (QED) is 0.355. The average Bonchev–Trinajstić information content (AvgIpc) is 1.85. The molecule has 0 aromatic rings.